The van der Waals surface area contributed by atoms with Crippen molar-refractivity contribution in [3.8, 4) is 0 Å². The van der Waals surface area contributed by atoms with E-state index in [1.54, 1.807) is 0 Å². The van der Waals surface area contributed by atoms with Gasteiger partial charge in [0, 0.05) is 6.54 Å². The van der Waals surface area contributed by atoms with Gasteiger partial charge in [-0.05, 0) is 19.3 Å². The maximum absolute atomic E-state index is 10.7. The molecule has 1 rings (SSSR count). The van der Waals surface area contributed by atoms with Crippen molar-refractivity contribution in [3.05, 3.63) is 0 Å². The quantitative estimate of drug-likeness (QED) is 0.542. The normalized spacial score (nSPS) is 28.7. The molecule has 1 heterocycles. The molecule has 6 heteroatoms. The molecular formula is C5H12N2O3S. The van der Waals surface area contributed by atoms with E-state index in [-0.39, 0.29) is 0 Å². The molecule has 0 aromatic rings. The van der Waals surface area contributed by atoms with E-state index >= 15 is 0 Å². The molecule has 11 heavy (non-hydrogen) atoms. The van der Waals surface area contributed by atoms with Gasteiger partial charge in [0.1, 0.15) is 6.23 Å². The average molecular weight is 180 g/mol. The molecule has 5 nitrogen and oxygen atoms in total. The fourth-order valence-electron chi connectivity index (χ4n) is 1.18. The number of nitrogens with two attached hydrogens (primary N) is 1. The minimum absolute atomic E-state index is 0.333. The topological polar surface area (TPSA) is 83.6 Å². The summed E-state index contributed by atoms with van der Waals surface area (Å²) in [5.74, 6) is 0. The van der Waals surface area contributed by atoms with Crippen molar-refractivity contribution in [3.63, 3.8) is 0 Å². The van der Waals surface area contributed by atoms with Crippen molar-refractivity contribution in [1.29, 1.82) is 0 Å². The van der Waals surface area contributed by atoms with Crippen molar-refractivity contribution < 1.29 is 13.5 Å². The van der Waals surface area contributed by atoms with Crippen LogP contribution in [-0.2, 0) is 10.2 Å². The van der Waals surface area contributed by atoms with Crippen LogP contribution in [0.25, 0.3) is 0 Å². The predicted molar refractivity (Wildman–Crippen MR) is 39.7 cm³/mol. The van der Waals surface area contributed by atoms with Crippen LogP contribution < -0.4 is 5.14 Å². The molecule has 0 aromatic heterocycles. The molecule has 1 unspecified atom stereocenters. The lowest BCUT2D eigenvalue weighted by molar-refractivity contribution is 0.0334. The maximum atomic E-state index is 10.7. The molecule has 1 atom stereocenters. The highest BCUT2D eigenvalue weighted by Crippen LogP contribution is 2.15. The Hall–Kier alpha value is -0.170. The van der Waals surface area contributed by atoms with Crippen LogP contribution in [0.1, 0.15) is 19.3 Å². The monoisotopic (exact) mass is 180 g/mol. The average Bonchev–Trinajstić information content (AvgIpc) is 1.86. The molecule has 0 amide bonds. The largest absolute Gasteiger partial charge is 0.377 e. The van der Waals surface area contributed by atoms with Crippen molar-refractivity contribution in [1.82, 2.24) is 4.31 Å². The van der Waals surface area contributed by atoms with Crippen LogP contribution in [0.3, 0.4) is 0 Å². The zero-order chi connectivity index (χ0) is 8.48. The lowest BCUT2D eigenvalue weighted by Crippen LogP contribution is -2.46. The molecular weight excluding hydrogens is 168 g/mol. The van der Waals surface area contributed by atoms with Gasteiger partial charge in [-0.15, -0.1) is 0 Å². The van der Waals surface area contributed by atoms with Crippen molar-refractivity contribution in [2.45, 2.75) is 25.5 Å². The summed E-state index contributed by atoms with van der Waals surface area (Å²) >= 11 is 0. The Morgan fingerprint density at radius 1 is 1.45 bits per heavy atom. The van der Waals surface area contributed by atoms with Crippen molar-refractivity contribution in [2.24, 2.45) is 5.14 Å². The van der Waals surface area contributed by atoms with Crippen LogP contribution >= 0.6 is 0 Å². The van der Waals surface area contributed by atoms with Gasteiger partial charge in [-0.25, -0.2) is 5.14 Å². The molecule has 1 aliphatic heterocycles. The van der Waals surface area contributed by atoms with E-state index in [9.17, 15) is 13.5 Å². The number of nitrogens with zero attached hydrogens (tertiary/aromatic N) is 1. The third-order valence-electron chi connectivity index (χ3n) is 1.75. The Bertz CT molecular complexity index is 226. The van der Waals surface area contributed by atoms with Gasteiger partial charge in [0.05, 0.1) is 0 Å². The van der Waals surface area contributed by atoms with Gasteiger partial charge in [-0.1, -0.05) is 0 Å². The molecule has 0 saturated carbocycles. The summed E-state index contributed by atoms with van der Waals surface area (Å²) in [5.41, 5.74) is 0. The van der Waals surface area contributed by atoms with Gasteiger partial charge in [0.2, 0.25) is 0 Å². The molecule has 3 N–H and O–H groups in total. The van der Waals surface area contributed by atoms with Crippen LogP contribution in [0.2, 0.25) is 0 Å². The summed E-state index contributed by atoms with van der Waals surface area (Å²) in [7, 11) is -3.69. The van der Waals surface area contributed by atoms with Gasteiger partial charge in [-0.3, -0.25) is 0 Å². The van der Waals surface area contributed by atoms with Gasteiger partial charge in [0.15, 0.2) is 0 Å². The molecule has 66 valence electrons. The Labute approximate surface area is 66.0 Å². The lowest BCUT2D eigenvalue weighted by Gasteiger charge is -2.28. The first-order valence-corrected chi connectivity index (χ1v) is 5.00. The van der Waals surface area contributed by atoms with Gasteiger partial charge in [-0.2, -0.15) is 12.7 Å². The highest BCUT2D eigenvalue weighted by atomic mass is 32.2. The van der Waals surface area contributed by atoms with E-state index in [1.165, 1.54) is 0 Å². The molecule has 1 aliphatic rings. The van der Waals surface area contributed by atoms with E-state index in [4.69, 9.17) is 5.14 Å². The summed E-state index contributed by atoms with van der Waals surface area (Å²) in [6, 6.07) is 0. The molecule has 0 bridgehead atoms. The Kier molecular flexibility index (Phi) is 2.48. The zero-order valence-electron chi connectivity index (χ0n) is 6.10. The van der Waals surface area contributed by atoms with Crippen molar-refractivity contribution in [2.75, 3.05) is 6.54 Å². The fourth-order valence-corrected chi connectivity index (χ4v) is 2.01. The van der Waals surface area contributed by atoms with Crippen LogP contribution in [0.4, 0.5) is 0 Å². The van der Waals surface area contributed by atoms with E-state index in [0.717, 1.165) is 17.1 Å². The number of aliphatic hydroxyl groups excluding tert-OH is 1. The lowest BCUT2D eigenvalue weighted by atomic mass is 10.1. The second-order valence-corrected chi connectivity index (χ2v) is 4.13. The molecule has 1 fully saturated rings. The van der Waals surface area contributed by atoms with Gasteiger partial charge < -0.3 is 5.11 Å². The Morgan fingerprint density at radius 2 is 2.09 bits per heavy atom. The first-order chi connectivity index (χ1) is 5.02. The Balaban J connectivity index is 2.70. The molecule has 1 saturated heterocycles. The zero-order valence-corrected chi connectivity index (χ0v) is 6.92. The molecule has 0 spiro atoms. The minimum Gasteiger partial charge on any atom is -0.377 e. The Morgan fingerprint density at radius 3 is 2.45 bits per heavy atom. The highest BCUT2D eigenvalue weighted by Gasteiger charge is 2.27. The standard InChI is InChI=1S/C5H12N2O3S/c6-11(9,10)7-4-2-1-3-5(7)8/h5,8H,1-4H2,(H2,6,9,10). The smallest absolute Gasteiger partial charge is 0.279 e. The summed E-state index contributed by atoms with van der Waals surface area (Å²) < 4.78 is 22.4. The second-order valence-electron chi connectivity index (χ2n) is 2.63. The predicted octanol–water partition coefficient (Wildman–Crippen LogP) is -1.01. The second kappa shape index (κ2) is 3.06. The maximum Gasteiger partial charge on any atom is 0.279 e. The number of hydrogen-bond acceptors (Lipinski definition) is 3. The first-order valence-electron chi connectivity index (χ1n) is 3.49. The summed E-state index contributed by atoms with van der Waals surface area (Å²) in [6.07, 6.45) is 1.19. The number of piperidine rings is 1. The first kappa shape index (κ1) is 8.92. The molecule has 0 radical (unpaired) electrons. The van der Waals surface area contributed by atoms with Crippen LogP contribution in [0.15, 0.2) is 0 Å². The molecule has 0 aromatic carbocycles. The third kappa shape index (κ3) is 2.13. The third-order valence-corrected chi connectivity index (χ3v) is 2.83. The van der Waals surface area contributed by atoms with Gasteiger partial charge in [0.25, 0.3) is 10.2 Å². The highest BCUT2D eigenvalue weighted by molar-refractivity contribution is 7.86. The van der Waals surface area contributed by atoms with Crippen LogP contribution in [0.5, 0.6) is 0 Å². The van der Waals surface area contributed by atoms with Gasteiger partial charge >= 0.3 is 0 Å². The number of hydrogen-bond donors (Lipinski definition) is 2. The fraction of sp³-hybridized carbons (Fsp3) is 1.00. The van der Waals surface area contributed by atoms with Crippen LogP contribution in [0, 0.1) is 0 Å². The molecule has 0 aliphatic carbocycles. The SMILES string of the molecule is NS(=O)(=O)N1CCCCC1O. The minimum atomic E-state index is -3.69. The summed E-state index contributed by atoms with van der Waals surface area (Å²) in [5, 5.41) is 14.0. The van der Waals surface area contributed by atoms with Crippen LogP contribution in [-0.4, -0.2) is 30.6 Å². The van der Waals surface area contributed by atoms with Crippen molar-refractivity contribution >= 4 is 10.2 Å². The summed E-state index contributed by atoms with van der Waals surface area (Å²) in [4.78, 5) is 0. The number of rotatable bonds is 1. The number of aliphatic hydroxyl groups is 1. The van der Waals surface area contributed by atoms with E-state index in [1.807, 2.05) is 0 Å². The van der Waals surface area contributed by atoms with E-state index in [2.05, 4.69) is 0 Å². The summed E-state index contributed by atoms with van der Waals surface area (Å²) in [6.45, 7) is 0.333. The van der Waals surface area contributed by atoms with E-state index < -0.39 is 16.4 Å². The van der Waals surface area contributed by atoms with E-state index in [0.29, 0.717) is 13.0 Å².